The van der Waals surface area contributed by atoms with Crippen molar-refractivity contribution in [2.45, 2.75) is 39.3 Å². The summed E-state index contributed by atoms with van der Waals surface area (Å²) in [6, 6.07) is 1.29. The van der Waals surface area contributed by atoms with Gasteiger partial charge >= 0.3 is 0 Å². The summed E-state index contributed by atoms with van der Waals surface area (Å²) < 4.78 is 10.7. The van der Waals surface area contributed by atoms with Gasteiger partial charge in [-0.3, -0.25) is 0 Å². The lowest BCUT2D eigenvalue weighted by Gasteiger charge is -2.25. The third kappa shape index (κ3) is 1.91. The predicted octanol–water partition coefficient (Wildman–Crippen LogP) is 2.05. The summed E-state index contributed by atoms with van der Waals surface area (Å²) in [5.41, 5.74) is 0. The average molecular weight is 234 g/mol. The summed E-state index contributed by atoms with van der Waals surface area (Å²) in [5.74, 6) is 0. The van der Waals surface area contributed by atoms with Crippen molar-refractivity contribution in [3.8, 4) is 0 Å². The second kappa shape index (κ2) is 3.84. The van der Waals surface area contributed by atoms with Crippen molar-refractivity contribution in [1.82, 2.24) is 9.34 Å². The van der Waals surface area contributed by atoms with Crippen LogP contribution in [0.25, 0.3) is 0 Å². The maximum absolute atomic E-state index is 5.95. The summed E-state index contributed by atoms with van der Waals surface area (Å²) in [7, 11) is 0. The zero-order chi connectivity index (χ0) is 10.3. The Labute approximate surface area is 91.6 Å². The summed E-state index contributed by atoms with van der Waals surface area (Å²) >= 11 is 5.74. The molecule has 2 heterocycles. The van der Waals surface area contributed by atoms with Gasteiger partial charge in [-0.25, -0.2) is 9.34 Å². The molecule has 0 aromatic carbocycles. The van der Waals surface area contributed by atoms with Gasteiger partial charge in [0.2, 0.25) is 6.57 Å². The molecule has 0 aromatic rings. The lowest BCUT2D eigenvalue weighted by molar-refractivity contribution is 0.315. The van der Waals surface area contributed by atoms with Gasteiger partial charge < -0.3 is 4.52 Å². The first-order valence-corrected chi connectivity index (χ1v) is 8.01. The summed E-state index contributed by atoms with van der Waals surface area (Å²) in [4.78, 5) is 0. The third-order valence-electron chi connectivity index (χ3n) is 2.77. The van der Waals surface area contributed by atoms with Crippen LogP contribution >= 0.6 is 6.57 Å². The fourth-order valence-corrected chi connectivity index (χ4v) is 6.14. The molecule has 4 unspecified atom stereocenters. The van der Waals surface area contributed by atoms with Crippen LogP contribution in [0.5, 0.6) is 0 Å². The Balaban J connectivity index is 2.01. The molecular formula is C9H19N2OPS. The minimum atomic E-state index is -1.77. The average Bonchev–Trinajstić information content (AvgIpc) is 3.01. The lowest BCUT2D eigenvalue weighted by Crippen LogP contribution is -2.11. The van der Waals surface area contributed by atoms with Gasteiger partial charge in [0.05, 0.1) is 6.61 Å². The second-order valence-corrected chi connectivity index (χ2v) is 7.96. The van der Waals surface area contributed by atoms with E-state index in [1.165, 1.54) is 0 Å². The van der Waals surface area contributed by atoms with Gasteiger partial charge in [0.1, 0.15) is 0 Å². The van der Waals surface area contributed by atoms with E-state index in [0.717, 1.165) is 26.1 Å². The molecule has 0 radical (unpaired) electrons. The van der Waals surface area contributed by atoms with Gasteiger partial charge in [0.15, 0.2) is 0 Å². The van der Waals surface area contributed by atoms with Gasteiger partial charge in [0, 0.05) is 25.2 Å². The van der Waals surface area contributed by atoms with Crippen molar-refractivity contribution < 1.29 is 4.52 Å². The minimum Gasteiger partial charge on any atom is -0.327 e. The van der Waals surface area contributed by atoms with Crippen LogP contribution in [0.4, 0.5) is 0 Å². The number of nitrogens with zero attached hydrogens (tertiary/aromatic N) is 2. The van der Waals surface area contributed by atoms with E-state index in [0.29, 0.717) is 12.1 Å². The second-order valence-electron chi connectivity index (χ2n) is 4.27. The Bertz CT molecular complexity index is 254. The number of hydrogen-bond donors (Lipinski definition) is 0. The van der Waals surface area contributed by atoms with Crippen LogP contribution in [0, 0.1) is 0 Å². The van der Waals surface area contributed by atoms with E-state index in [1.54, 1.807) is 0 Å². The molecule has 3 nitrogen and oxygen atoms in total. The molecule has 0 saturated carbocycles. The highest BCUT2D eigenvalue weighted by Crippen LogP contribution is 2.65. The molecule has 5 heteroatoms. The van der Waals surface area contributed by atoms with Crippen LogP contribution in [0.1, 0.15) is 27.2 Å². The molecule has 2 aliphatic rings. The predicted molar refractivity (Wildman–Crippen MR) is 62.9 cm³/mol. The van der Waals surface area contributed by atoms with Crippen LogP contribution in [-0.2, 0) is 16.3 Å². The Kier molecular flexibility index (Phi) is 3.02. The maximum atomic E-state index is 5.95. The summed E-state index contributed by atoms with van der Waals surface area (Å²) in [6.45, 7) is 7.89. The summed E-state index contributed by atoms with van der Waals surface area (Å²) in [5, 5.41) is 0. The number of rotatable bonds is 5. The van der Waals surface area contributed by atoms with Gasteiger partial charge in [-0.2, -0.15) is 0 Å². The Morgan fingerprint density at radius 2 is 1.71 bits per heavy atom. The molecule has 2 rings (SSSR count). The van der Waals surface area contributed by atoms with Crippen LogP contribution < -0.4 is 0 Å². The molecule has 82 valence electrons. The highest BCUT2D eigenvalue weighted by Gasteiger charge is 2.52. The Hall–Kier alpha value is 0.530. The topological polar surface area (TPSA) is 15.2 Å². The first-order valence-electron chi connectivity index (χ1n) is 5.38. The van der Waals surface area contributed by atoms with Crippen molar-refractivity contribution in [3.63, 3.8) is 0 Å². The van der Waals surface area contributed by atoms with E-state index in [1.807, 2.05) is 0 Å². The Morgan fingerprint density at radius 3 is 2.00 bits per heavy atom. The molecule has 2 aliphatic heterocycles. The lowest BCUT2D eigenvalue weighted by atomic mass is 10.5. The van der Waals surface area contributed by atoms with E-state index in [4.69, 9.17) is 16.3 Å². The van der Waals surface area contributed by atoms with E-state index in [9.17, 15) is 0 Å². The SMILES string of the molecule is CCCOP(=S)(N1CC1C)N1CC1C. The van der Waals surface area contributed by atoms with Crippen molar-refractivity contribution in [2.24, 2.45) is 0 Å². The quantitative estimate of drug-likeness (QED) is 0.534. The molecular weight excluding hydrogens is 215 g/mol. The normalized spacial score (nSPS) is 44.5. The molecule has 0 bridgehead atoms. The van der Waals surface area contributed by atoms with Crippen LogP contribution in [0.3, 0.4) is 0 Å². The van der Waals surface area contributed by atoms with Gasteiger partial charge in [-0.15, -0.1) is 0 Å². The van der Waals surface area contributed by atoms with Crippen molar-refractivity contribution in [3.05, 3.63) is 0 Å². The van der Waals surface area contributed by atoms with Crippen molar-refractivity contribution in [2.75, 3.05) is 19.7 Å². The smallest absolute Gasteiger partial charge is 0.204 e. The molecule has 4 atom stereocenters. The van der Waals surface area contributed by atoms with Gasteiger partial charge in [0.25, 0.3) is 0 Å². The molecule has 2 fully saturated rings. The molecule has 0 spiro atoms. The van der Waals surface area contributed by atoms with Crippen LogP contribution in [0.15, 0.2) is 0 Å². The third-order valence-corrected chi connectivity index (χ3v) is 7.27. The van der Waals surface area contributed by atoms with E-state index >= 15 is 0 Å². The first-order chi connectivity index (χ1) is 6.59. The molecule has 0 aromatic heterocycles. The largest absolute Gasteiger partial charge is 0.327 e. The van der Waals surface area contributed by atoms with Crippen LogP contribution in [0.2, 0.25) is 0 Å². The summed E-state index contributed by atoms with van der Waals surface area (Å²) in [6.07, 6.45) is 1.06. The maximum Gasteiger partial charge on any atom is 0.204 e. The molecule has 0 N–H and O–H groups in total. The van der Waals surface area contributed by atoms with Crippen LogP contribution in [-0.4, -0.2) is 41.1 Å². The van der Waals surface area contributed by atoms with E-state index in [-0.39, 0.29) is 0 Å². The fraction of sp³-hybridized carbons (Fsp3) is 1.00. The highest BCUT2D eigenvalue weighted by molar-refractivity contribution is 8.10. The van der Waals surface area contributed by atoms with E-state index < -0.39 is 6.57 Å². The highest BCUT2D eigenvalue weighted by atomic mass is 32.5. The number of hydrogen-bond acceptors (Lipinski definition) is 2. The minimum absolute atomic E-state index is 0.644. The molecule has 0 aliphatic carbocycles. The molecule has 2 saturated heterocycles. The van der Waals surface area contributed by atoms with Gasteiger partial charge in [-0.05, 0) is 32.1 Å². The van der Waals surface area contributed by atoms with E-state index in [2.05, 4.69) is 30.1 Å². The van der Waals surface area contributed by atoms with Crippen molar-refractivity contribution in [1.29, 1.82) is 0 Å². The van der Waals surface area contributed by atoms with Crippen molar-refractivity contribution >= 4 is 18.4 Å². The Morgan fingerprint density at radius 1 is 1.29 bits per heavy atom. The first kappa shape index (κ1) is 11.0. The molecule has 14 heavy (non-hydrogen) atoms. The molecule has 0 amide bonds. The zero-order valence-corrected chi connectivity index (χ0v) is 10.9. The fourth-order valence-electron chi connectivity index (χ4n) is 1.66. The standard InChI is InChI=1S/C9H19N2OPS/c1-4-5-12-13(14,10-6-8(10)2)11-7-9(11)3/h8-9H,4-7H2,1-3H3. The monoisotopic (exact) mass is 234 g/mol. The zero-order valence-electron chi connectivity index (χ0n) is 9.14. The van der Waals surface area contributed by atoms with Gasteiger partial charge in [-0.1, -0.05) is 6.92 Å².